The number of aliphatic hydroxyl groups is 1. The molecule has 0 saturated carbocycles. The molecule has 0 unspecified atom stereocenters. The van der Waals surface area contributed by atoms with E-state index in [-0.39, 0.29) is 12.0 Å². The number of anilines is 1. The molecule has 0 bridgehead atoms. The van der Waals surface area contributed by atoms with E-state index in [9.17, 15) is 5.11 Å². The zero-order chi connectivity index (χ0) is 11.5. The van der Waals surface area contributed by atoms with Crippen molar-refractivity contribution in [3.05, 3.63) is 35.9 Å². The van der Waals surface area contributed by atoms with E-state index in [0.29, 0.717) is 0 Å². The third-order valence-electron chi connectivity index (χ3n) is 2.66. The number of nitrogen functional groups attached to an aromatic ring is 1. The van der Waals surface area contributed by atoms with Gasteiger partial charge in [-0.3, -0.25) is 0 Å². The van der Waals surface area contributed by atoms with Gasteiger partial charge in [-0.2, -0.15) is 0 Å². The largest absolute Gasteiger partial charge is 0.398 e. The van der Waals surface area contributed by atoms with Gasteiger partial charge in [0.15, 0.2) is 0 Å². The Morgan fingerprint density at radius 2 is 2.00 bits per heavy atom. The van der Waals surface area contributed by atoms with Gasteiger partial charge in [0.05, 0.1) is 6.61 Å². The van der Waals surface area contributed by atoms with Crippen LogP contribution in [0.4, 0.5) is 5.69 Å². The summed E-state index contributed by atoms with van der Waals surface area (Å²) < 4.78 is 0. The fourth-order valence-corrected chi connectivity index (χ4v) is 1.74. The summed E-state index contributed by atoms with van der Waals surface area (Å²) in [5.41, 5.74) is 8.52. The molecule has 0 saturated heterocycles. The Morgan fingerprint density at radius 3 is 2.47 bits per heavy atom. The lowest BCUT2D eigenvalue weighted by molar-refractivity contribution is 0.206. The average molecular weight is 205 g/mol. The molecule has 82 valence electrons. The normalized spacial score (nSPS) is 12.9. The number of nitrogens with two attached hydrogens (primary N) is 1. The molecule has 1 rings (SSSR count). The van der Waals surface area contributed by atoms with Gasteiger partial charge in [0, 0.05) is 16.7 Å². The van der Waals surface area contributed by atoms with E-state index in [0.717, 1.165) is 16.8 Å². The zero-order valence-electron chi connectivity index (χ0n) is 9.62. The van der Waals surface area contributed by atoms with Crippen molar-refractivity contribution in [3.8, 4) is 0 Å². The molecule has 0 aliphatic carbocycles. The first kappa shape index (κ1) is 11.8. The van der Waals surface area contributed by atoms with Crippen molar-refractivity contribution >= 4 is 11.3 Å². The van der Waals surface area contributed by atoms with Crippen LogP contribution in [0.5, 0.6) is 0 Å². The average Bonchev–Trinajstić information content (AvgIpc) is 2.21. The zero-order valence-corrected chi connectivity index (χ0v) is 9.62. The molecule has 0 atom stereocenters. The highest BCUT2D eigenvalue weighted by Gasteiger charge is 2.23. The molecule has 1 aromatic carbocycles. The van der Waals surface area contributed by atoms with Gasteiger partial charge in [-0.25, -0.2) is 0 Å². The summed E-state index contributed by atoms with van der Waals surface area (Å²) in [4.78, 5) is 0. The summed E-state index contributed by atoms with van der Waals surface area (Å²) in [6.07, 6.45) is 2.02. The van der Waals surface area contributed by atoms with Crippen molar-refractivity contribution in [2.45, 2.75) is 20.8 Å². The van der Waals surface area contributed by atoms with Crippen LogP contribution in [-0.2, 0) is 0 Å². The van der Waals surface area contributed by atoms with Gasteiger partial charge in [0.2, 0.25) is 0 Å². The van der Waals surface area contributed by atoms with Crippen LogP contribution in [0.3, 0.4) is 0 Å². The van der Waals surface area contributed by atoms with E-state index in [4.69, 9.17) is 5.73 Å². The molecule has 1 aromatic rings. The summed E-state index contributed by atoms with van der Waals surface area (Å²) >= 11 is 0. The molecule has 0 aromatic heterocycles. The van der Waals surface area contributed by atoms with Crippen molar-refractivity contribution < 1.29 is 5.11 Å². The van der Waals surface area contributed by atoms with Crippen molar-refractivity contribution in [1.82, 2.24) is 0 Å². The first-order chi connectivity index (χ1) is 7.03. The van der Waals surface area contributed by atoms with Crippen LogP contribution in [-0.4, -0.2) is 11.7 Å². The molecule has 0 heterocycles. The predicted molar refractivity (Wildman–Crippen MR) is 65.4 cm³/mol. The lowest BCUT2D eigenvalue weighted by Crippen LogP contribution is -2.19. The quantitative estimate of drug-likeness (QED) is 0.745. The minimum atomic E-state index is -0.260. The summed E-state index contributed by atoms with van der Waals surface area (Å²) in [6.45, 7) is 6.10. The molecular weight excluding hydrogens is 186 g/mol. The lowest BCUT2D eigenvalue weighted by atomic mass is 9.80. The Balaban J connectivity index is 3.22. The Bertz CT molecular complexity index is 367. The minimum absolute atomic E-state index is 0.112. The Hall–Kier alpha value is -1.28. The molecule has 0 fully saturated rings. The monoisotopic (exact) mass is 205 g/mol. The Labute approximate surface area is 91.4 Å². The molecule has 2 heteroatoms. The Morgan fingerprint density at radius 1 is 1.40 bits per heavy atom. The van der Waals surface area contributed by atoms with Crippen LogP contribution in [0.1, 0.15) is 26.3 Å². The smallest absolute Gasteiger partial charge is 0.0522 e. The fourth-order valence-electron chi connectivity index (χ4n) is 1.74. The summed E-state index contributed by atoms with van der Waals surface area (Å²) in [5.74, 6) is 0. The summed E-state index contributed by atoms with van der Waals surface area (Å²) in [6, 6.07) is 7.75. The van der Waals surface area contributed by atoms with E-state index in [1.807, 2.05) is 51.1 Å². The molecule has 0 aliphatic heterocycles. The van der Waals surface area contributed by atoms with Crippen LogP contribution in [0.15, 0.2) is 30.3 Å². The number of para-hydroxylation sites is 1. The third-order valence-corrected chi connectivity index (χ3v) is 2.66. The number of hydrogen-bond donors (Lipinski definition) is 2. The molecule has 2 nitrogen and oxygen atoms in total. The predicted octanol–water partition coefficient (Wildman–Crippen LogP) is 2.69. The van der Waals surface area contributed by atoms with Gasteiger partial charge in [-0.05, 0) is 18.6 Å². The maximum Gasteiger partial charge on any atom is 0.0522 e. The second kappa shape index (κ2) is 4.49. The molecule has 0 spiro atoms. The van der Waals surface area contributed by atoms with Crippen molar-refractivity contribution in [2.75, 3.05) is 12.3 Å². The molecule has 0 aliphatic rings. The highest BCUT2D eigenvalue weighted by molar-refractivity contribution is 5.77. The van der Waals surface area contributed by atoms with Gasteiger partial charge in [0.25, 0.3) is 0 Å². The van der Waals surface area contributed by atoms with E-state index < -0.39 is 0 Å². The first-order valence-electron chi connectivity index (χ1n) is 5.15. The van der Waals surface area contributed by atoms with Crippen molar-refractivity contribution in [3.63, 3.8) is 0 Å². The lowest BCUT2D eigenvalue weighted by Gasteiger charge is -2.26. The van der Waals surface area contributed by atoms with Crippen LogP contribution in [0.25, 0.3) is 5.57 Å². The maximum absolute atomic E-state index is 9.37. The number of allylic oxidation sites excluding steroid dienone is 1. The van der Waals surface area contributed by atoms with Gasteiger partial charge >= 0.3 is 0 Å². The van der Waals surface area contributed by atoms with Gasteiger partial charge in [0.1, 0.15) is 0 Å². The minimum Gasteiger partial charge on any atom is -0.398 e. The number of benzene rings is 1. The van der Waals surface area contributed by atoms with Crippen LogP contribution >= 0.6 is 0 Å². The topological polar surface area (TPSA) is 46.2 Å². The van der Waals surface area contributed by atoms with E-state index >= 15 is 0 Å². The summed E-state index contributed by atoms with van der Waals surface area (Å²) in [7, 11) is 0. The van der Waals surface area contributed by atoms with Gasteiger partial charge in [-0.15, -0.1) is 0 Å². The number of aliphatic hydroxyl groups excluding tert-OH is 1. The van der Waals surface area contributed by atoms with Crippen LogP contribution < -0.4 is 5.73 Å². The first-order valence-corrected chi connectivity index (χ1v) is 5.15. The standard InChI is InChI=1S/C13H19NO/c1-4-11(13(2,3)9-15)10-7-5-6-8-12(10)14/h4-8,15H,9,14H2,1-3H3/b11-4+. The van der Waals surface area contributed by atoms with Gasteiger partial charge in [-0.1, -0.05) is 38.1 Å². The summed E-state index contributed by atoms with van der Waals surface area (Å²) in [5, 5.41) is 9.37. The second-order valence-corrected chi connectivity index (χ2v) is 4.33. The molecule has 15 heavy (non-hydrogen) atoms. The fraction of sp³-hybridized carbons (Fsp3) is 0.385. The Kier molecular flexibility index (Phi) is 3.53. The van der Waals surface area contributed by atoms with Gasteiger partial charge < -0.3 is 10.8 Å². The maximum atomic E-state index is 9.37. The van der Waals surface area contributed by atoms with E-state index in [1.54, 1.807) is 0 Å². The number of rotatable bonds is 3. The molecule has 3 N–H and O–H groups in total. The highest BCUT2D eigenvalue weighted by atomic mass is 16.3. The molecule has 0 amide bonds. The van der Waals surface area contributed by atoms with E-state index in [2.05, 4.69) is 0 Å². The van der Waals surface area contributed by atoms with Crippen LogP contribution in [0, 0.1) is 5.41 Å². The van der Waals surface area contributed by atoms with Crippen LogP contribution in [0.2, 0.25) is 0 Å². The van der Waals surface area contributed by atoms with E-state index in [1.165, 1.54) is 0 Å². The second-order valence-electron chi connectivity index (χ2n) is 4.33. The highest BCUT2D eigenvalue weighted by Crippen LogP contribution is 2.36. The third kappa shape index (κ3) is 2.39. The van der Waals surface area contributed by atoms with Crippen molar-refractivity contribution in [1.29, 1.82) is 0 Å². The van der Waals surface area contributed by atoms with Crippen molar-refractivity contribution in [2.24, 2.45) is 5.41 Å². The SMILES string of the molecule is C/C=C(\c1ccccc1N)C(C)(C)CO. The molecular formula is C13H19NO. The number of hydrogen-bond acceptors (Lipinski definition) is 2. The molecule has 0 radical (unpaired) electrons.